The Labute approximate surface area is 76.3 Å². The Morgan fingerprint density at radius 3 is 2.33 bits per heavy atom. The Morgan fingerprint density at radius 2 is 2.00 bits per heavy atom. The van der Waals surface area contributed by atoms with Crippen LogP contribution in [0.4, 0.5) is 0 Å². The molecule has 0 radical (unpaired) electrons. The zero-order valence-corrected chi connectivity index (χ0v) is 6.50. The summed E-state index contributed by atoms with van der Waals surface area (Å²) in [5.74, 6) is 0. The molecule has 42 valence electrons. The summed E-state index contributed by atoms with van der Waals surface area (Å²) >= 11 is 11.0. The fourth-order valence-corrected chi connectivity index (χ4v) is 0.820. The van der Waals surface area contributed by atoms with Crippen molar-refractivity contribution in [1.29, 1.82) is 0 Å². The Bertz CT molecular complexity index is 171. The minimum Gasteiger partial charge on any atom is -0.174 e. The van der Waals surface area contributed by atoms with E-state index in [2.05, 4.69) is 6.07 Å². The van der Waals surface area contributed by atoms with Gasteiger partial charge in [-0.3, -0.25) is 0 Å². The fraction of sp³-hybridized carbons (Fsp3) is 0. The maximum absolute atomic E-state index is 5.54. The number of hydrogen-bond donors (Lipinski definition) is 0. The molecule has 0 saturated carbocycles. The van der Waals surface area contributed by atoms with Crippen LogP contribution in [0.2, 0.25) is 10.0 Å². The van der Waals surface area contributed by atoms with Crippen molar-refractivity contribution in [3.63, 3.8) is 0 Å². The molecule has 0 aliphatic rings. The first-order valence-corrected chi connectivity index (χ1v) is 2.87. The molecule has 1 aromatic carbocycles. The van der Waals surface area contributed by atoms with Crippen molar-refractivity contribution in [2.75, 3.05) is 0 Å². The predicted octanol–water partition coefficient (Wildman–Crippen LogP) is -0.202. The maximum Gasteiger partial charge on any atom is 1.00 e. The third kappa shape index (κ3) is 3.18. The molecule has 0 aliphatic carbocycles. The van der Waals surface area contributed by atoms with E-state index in [1.807, 2.05) is 0 Å². The molecule has 0 atom stereocenters. The second-order valence-electron chi connectivity index (χ2n) is 1.35. The van der Waals surface area contributed by atoms with Crippen LogP contribution in [-0.4, -0.2) is 0 Å². The van der Waals surface area contributed by atoms with Gasteiger partial charge in [0, 0.05) is 0 Å². The van der Waals surface area contributed by atoms with Gasteiger partial charge in [-0.15, -0.1) is 29.3 Å². The van der Waals surface area contributed by atoms with E-state index in [1.54, 1.807) is 18.2 Å². The van der Waals surface area contributed by atoms with Crippen LogP contribution in [0.25, 0.3) is 0 Å². The molecule has 1 aromatic rings. The average Bonchev–Trinajstić information content (AvgIpc) is 1.64. The van der Waals surface area contributed by atoms with Crippen LogP contribution in [0.15, 0.2) is 18.2 Å². The molecule has 0 bridgehead atoms. The molecule has 1 rings (SSSR count). The van der Waals surface area contributed by atoms with Crippen molar-refractivity contribution in [2.24, 2.45) is 0 Å². The molecule has 0 saturated heterocycles. The van der Waals surface area contributed by atoms with Crippen molar-refractivity contribution >= 4 is 23.2 Å². The van der Waals surface area contributed by atoms with Gasteiger partial charge in [0.25, 0.3) is 0 Å². The van der Waals surface area contributed by atoms with Crippen LogP contribution in [0.5, 0.6) is 0 Å². The van der Waals surface area contributed by atoms with E-state index in [9.17, 15) is 0 Å². The van der Waals surface area contributed by atoms with Crippen molar-refractivity contribution in [1.82, 2.24) is 0 Å². The van der Waals surface area contributed by atoms with Gasteiger partial charge in [-0.1, -0.05) is 10.0 Å². The first-order chi connectivity index (χ1) is 3.79. The fourth-order valence-electron chi connectivity index (χ4n) is 0.412. The minimum absolute atomic E-state index is 0. The van der Waals surface area contributed by atoms with Crippen molar-refractivity contribution in [2.45, 2.75) is 0 Å². The Morgan fingerprint density at radius 1 is 1.33 bits per heavy atom. The van der Waals surface area contributed by atoms with Gasteiger partial charge in [0.15, 0.2) is 0 Å². The zero-order chi connectivity index (χ0) is 5.98. The number of halogens is 2. The van der Waals surface area contributed by atoms with Gasteiger partial charge >= 0.3 is 18.9 Å². The monoisotopic (exact) mass is 152 g/mol. The predicted molar refractivity (Wildman–Crippen MR) is 35.3 cm³/mol. The molecule has 3 heteroatoms. The van der Waals surface area contributed by atoms with E-state index in [-0.39, 0.29) is 18.9 Å². The SMILES string of the molecule is Clc1[c-]ccc(Cl)c1.[Li+]. The van der Waals surface area contributed by atoms with E-state index in [1.165, 1.54) is 0 Å². The van der Waals surface area contributed by atoms with Crippen LogP contribution >= 0.6 is 23.2 Å². The summed E-state index contributed by atoms with van der Waals surface area (Å²) in [6.45, 7) is 0. The summed E-state index contributed by atoms with van der Waals surface area (Å²) in [5.41, 5.74) is 0. The van der Waals surface area contributed by atoms with Crippen LogP contribution in [-0.2, 0) is 0 Å². The number of benzene rings is 1. The Balaban J connectivity index is 0.000000640. The largest absolute Gasteiger partial charge is 1.00 e. The van der Waals surface area contributed by atoms with E-state index in [0.717, 1.165) is 0 Å². The smallest absolute Gasteiger partial charge is 0.174 e. The molecule has 0 nitrogen and oxygen atoms in total. The van der Waals surface area contributed by atoms with Crippen molar-refractivity contribution < 1.29 is 18.9 Å². The second-order valence-corrected chi connectivity index (χ2v) is 2.20. The minimum atomic E-state index is 0. The van der Waals surface area contributed by atoms with Gasteiger partial charge in [-0.2, -0.15) is 18.2 Å². The molecule has 0 heterocycles. The molecular weight excluding hydrogens is 150 g/mol. The maximum atomic E-state index is 5.54. The summed E-state index contributed by atoms with van der Waals surface area (Å²) in [6, 6.07) is 7.81. The summed E-state index contributed by atoms with van der Waals surface area (Å²) in [6.07, 6.45) is 0. The Hall–Kier alpha value is 0.397. The topological polar surface area (TPSA) is 0 Å². The molecule has 0 fully saturated rings. The molecule has 0 aromatic heterocycles. The second kappa shape index (κ2) is 4.25. The quantitative estimate of drug-likeness (QED) is 0.357. The molecule has 0 amide bonds. The van der Waals surface area contributed by atoms with Crippen LogP contribution < -0.4 is 18.9 Å². The van der Waals surface area contributed by atoms with E-state index in [4.69, 9.17) is 23.2 Å². The standard InChI is InChI=1S/C6H3Cl2.Li/c7-5-2-1-3-6(8)4-5;/h1-2,4H;/q-1;+1. The summed E-state index contributed by atoms with van der Waals surface area (Å²) in [5, 5.41) is 1.20. The van der Waals surface area contributed by atoms with Crippen molar-refractivity contribution in [3.05, 3.63) is 34.3 Å². The van der Waals surface area contributed by atoms with Gasteiger partial charge in [0.2, 0.25) is 0 Å². The third-order valence-corrected chi connectivity index (χ3v) is 1.18. The summed E-state index contributed by atoms with van der Waals surface area (Å²) in [4.78, 5) is 0. The normalized spacial score (nSPS) is 8.22. The van der Waals surface area contributed by atoms with Gasteiger partial charge in [-0.05, 0) is 0 Å². The first-order valence-electron chi connectivity index (χ1n) is 2.12. The molecule has 0 aliphatic heterocycles. The van der Waals surface area contributed by atoms with Crippen molar-refractivity contribution in [3.8, 4) is 0 Å². The van der Waals surface area contributed by atoms with Crippen LogP contribution in [0.1, 0.15) is 0 Å². The molecular formula is C6H3Cl2Li. The number of hydrogen-bond acceptors (Lipinski definition) is 0. The Kier molecular flexibility index (Phi) is 4.44. The van der Waals surface area contributed by atoms with Crippen LogP contribution in [0.3, 0.4) is 0 Å². The number of rotatable bonds is 0. The third-order valence-electron chi connectivity index (χ3n) is 0.728. The molecule has 9 heavy (non-hydrogen) atoms. The van der Waals surface area contributed by atoms with Gasteiger partial charge in [-0.25, -0.2) is 0 Å². The molecule has 0 N–H and O–H groups in total. The van der Waals surface area contributed by atoms with Gasteiger partial charge in [0.05, 0.1) is 0 Å². The molecule has 0 unspecified atom stereocenters. The summed E-state index contributed by atoms with van der Waals surface area (Å²) in [7, 11) is 0. The van der Waals surface area contributed by atoms with Gasteiger partial charge < -0.3 is 0 Å². The molecule has 0 spiro atoms. The average molecular weight is 153 g/mol. The van der Waals surface area contributed by atoms with Crippen LogP contribution in [0, 0.1) is 6.07 Å². The zero-order valence-electron chi connectivity index (χ0n) is 4.99. The first kappa shape index (κ1) is 9.40. The van der Waals surface area contributed by atoms with E-state index in [0.29, 0.717) is 10.0 Å². The van der Waals surface area contributed by atoms with E-state index >= 15 is 0 Å². The van der Waals surface area contributed by atoms with Gasteiger partial charge in [0.1, 0.15) is 0 Å². The van der Waals surface area contributed by atoms with E-state index < -0.39 is 0 Å². The summed E-state index contributed by atoms with van der Waals surface area (Å²) < 4.78 is 0.